The molecule has 16 heavy (non-hydrogen) atoms. The Morgan fingerprint density at radius 3 is 2.12 bits per heavy atom. The molecule has 0 saturated heterocycles. The minimum Gasteiger partial charge on any atom is -0.448 e. The van der Waals surface area contributed by atoms with Crippen molar-refractivity contribution in [3.05, 3.63) is 35.9 Å². The average Bonchev–Trinajstić information content (AvgIpc) is 2.16. The average molecular weight is 255 g/mol. The van der Waals surface area contributed by atoms with Gasteiger partial charge in [0.1, 0.15) is 0 Å². The maximum absolute atomic E-state index is 12.2. The van der Waals surface area contributed by atoms with Crippen molar-refractivity contribution in [1.29, 1.82) is 0 Å². The van der Waals surface area contributed by atoms with Gasteiger partial charge in [0.15, 0.2) is 0 Å². The second-order valence-corrected chi connectivity index (χ2v) is 3.52. The summed E-state index contributed by atoms with van der Waals surface area (Å²) < 4.78 is 36.6. The Morgan fingerprint density at radius 1 is 1.12 bits per heavy atom. The first-order chi connectivity index (χ1) is 7.01. The first-order valence-electron chi connectivity index (χ1n) is 4.98. The van der Waals surface area contributed by atoms with Gasteiger partial charge in [0.2, 0.25) is 0 Å². The molecule has 0 atom stereocenters. The van der Waals surface area contributed by atoms with E-state index in [1.807, 2.05) is 30.3 Å². The summed E-state index contributed by atoms with van der Waals surface area (Å²) in [6.07, 6.45) is -0.786. The molecule has 0 amide bonds. The van der Waals surface area contributed by atoms with E-state index in [-0.39, 0.29) is 51.4 Å². The van der Waals surface area contributed by atoms with Crippen LogP contribution in [0.4, 0.5) is 12.9 Å². The number of halogens is 3. The van der Waals surface area contributed by atoms with Crippen molar-refractivity contribution in [3.63, 3.8) is 0 Å². The Bertz CT molecular complexity index is 292. The molecular weight excluding hydrogens is 241 g/mol. The predicted molar refractivity (Wildman–Crippen MR) is 56.5 cm³/mol. The van der Waals surface area contributed by atoms with Gasteiger partial charge < -0.3 is 17.8 Å². The summed E-state index contributed by atoms with van der Waals surface area (Å²) >= 11 is 0. The van der Waals surface area contributed by atoms with Crippen molar-refractivity contribution in [1.82, 2.24) is 4.90 Å². The minimum absolute atomic E-state index is 0. The van der Waals surface area contributed by atoms with Crippen LogP contribution in [0.2, 0.25) is 0 Å². The second-order valence-electron chi connectivity index (χ2n) is 3.52. The van der Waals surface area contributed by atoms with Crippen molar-refractivity contribution in [2.24, 2.45) is 0 Å². The molecule has 0 radical (unpaired) electrons. The summed E-state index contributed by atoms with van der Waals surface area (Å²) in [5.41, 5.74) is 0.916. The van der Waals surface area contributed by atoms with Gasteiger partial charge in [-0.1, -0.05) is 37.3 Å². The smallest absolute Gasteiger partial charge is 0.448 e. The molecule has 0 spiro atoms. The van der Waals surface area contributed by atoms with E-state index in [0.717, 1.165) is 5.56 Å². The van der Waals surface area contributed by atoms with E-state index in [4.69, 9.17) is 0 Å². The Labute approximate surface area is 137 Å². The summed E-state index contributed by atoms with van der Waals surface area (Å²) in [5, 5.41) is 0. The van der Waals surface area contributed by atoms with Gasteiger partial charge in [-0.05, 0) is 18.6 Å². The summed E-state index contributed by atoms with van der Waals surface area (Å²) in [6, 6.07) is 9.20. The molecule has 1 aromatic carbocycles. The molecule has 1 aromatic rings. The third kappa shape index (κ3) is 7.09. The van der Waals surface area contributed by atoms with Crippen molar-refractivity contribution in [2.45, 2.75) is 13.5 Å². The topological polar surface area (TPSA) is 3.24 Å². The van der Waals surface area contributed by atoms with Crippen LogP contribution in [0.25, 0.3) is 0 Å². The molecule has 0 aliphatic carbocycles. The molecule has 0 aromatic heterocycles. The maximum Gasteiger partial charge on any atom is 1.00 e. The quantitative estimate of drug-likeness (QED) is 0.664. The van der Waals surface area contributed by atoms with Crippen LogP contribution in [0.1, 0.15) is 12.5 Å². The van der Waals surface area contributed by atoms with Crippen LogP contribution in [0.15, 0.2) is 30.3 Å². The first-order valence-corrected chi connectivity index (χ1v) is 4.98. The Kier molecular flexibility index (Phi) is 8.23. The van der Waals surface area contributed by atoms with E-state index in [1.165, 1.54) is 4.90 Å². The standard InChI is InChI=1S/C10H14BF3N.K/c1-2-15(9-11(12,13)14)8-10-6-4-3-5-7-10;/h3-7H,2,8-9H2,1H3;/q-1;+1. The van der Waals surface area contributed by atoms with Crippen LogP contribution in [0, 0.1) is 0 Å². The van der Waals surface area contributed by atoms with E-state index >= 15 is 0 Å². The van der Waals surface area contributed by atoms with Gasteiger partial charge in [0, 0.05) is 6.54 Å². The minimum atomic E-state index is -4.73. The number of hydrogen-bond donors (Lipinski definition) is 0. The fourth-order valence-electron chi connectivity index (χ4n) is 1.44. The molecule has 0 aliphatic rings. The Balaban J connectivity index is 0.00000225. The monoisotopic (exact) mass is 255 g/mol. The zero-order chi connectivity index (χ0) is 11.3. The van der Waals surface area contributed by atoms with Gasteiger partial charge in [0.25, 0.3) is 0 Å². The molecule has 0 aliphatic heterocycles. The molecule has 0 saturated carbocycles. The molecule has 6 heteroatoms. The molecule has 84 valence electrons. The van der Waals surface area contributed by atoms with Crippen molar-refractivity contribution >= 4 is 6.98 Å². The zero-order valence-corrected chi connectivity index (χ0v) is 12.8. The molecule has 1 nitrogen and oxygen atoms in total. The maximum atomic E-state index is 12.2. The largest absolute Gasteiger partial charge is 1.00 e. The van der Waals surface area contributed by atoms with E-state index in [0.29, 0.717) is 13.1 Å². The fourth-order valence-corrected chi connectivity index (χ4v) is 1.44. The molecule has 0 fully saturated rings. The summed E-state index contributed by atoms with van der Waals surface area (Å²) in [7, 11) is 0. The predicted octanol–water partition coefficient (Wildman–Crippen LogP) is -0.101. The van der Waals surface area contributed by atoms with Crippen molar-refractivity contribution in [3.8, 4) is 0 Å². The third-order valence-corrected chi connectivity index (χ3v) is 2.16. The van der Waals surface area contributed by atoms with Crippen LogP contribution in [-0.4, -0.2) is 24.9 Å². The molecule has 1 rings (SSSR count). The number of nitrogens with zero attached hydrogens (tertiary/aromatic N) is 1. The van der Waals surface area contributed by atoms with E-state index in [9.17, 15) is 12.9 Å². The van der Waals surface area contributed by atoms with Crippen LogP contribution in [0.3, 0.4) is 0 Å². The molecule has 0 unspecified atom stereocenters. The number of benzene rings is 1. The van der Waals surface area contributed by atoms with Crippen LogP contribution < -0.4 is 51.4 Å². The molecular formula is C10H14BF3KN. The van der Waals surface area contributed by atoms with Crippen LogP contribution in [-0.2, 0) is 6.54 Å². The Morgan fingerprint density at radius 2 is 1.69 bits per heavy atom. The van der Waals surface area contributed by atoms with Gasteiger partial charge in [-0.15, -0.1) is 0 Å². The third-order valence-electron chi connectivity index (χ3n) is 2.16. The van der Waals surface area contributed by atoms with Crippen molar-refractivity contribution < 1.29 is 64.3 Å². The van der Waals surface area contributed by atoms with Gasteiger partial charge in [-0.3, -0.25) is 0 Å². The molecule has 0 heterocycles. The summed E-state index contributed by atoms with van der Waals surface area (Å²) in [4.78, 5) is 1.40. The van der Waals surface area contributed by atoms with Gasteiger partial charge in [0.05, 0.1) is 0 Å². The second kappa shape index (κ2) is 7.89. The Hall–Kier alpha value is 0.671. The normalized spacial score (nSPS) is 11.3. The van der Waals surface area contributed by atoms with E-state index in [2.05, 4.69) is 0 Å². The van der Waals surface area contributed by atoms with Crippen LogP contribution >= 0.6 is 0 Å². The number of rotatable bonds is 5. The molecule has 0 N–H and O–H groups in total. The van der Waals surface area contributed by atoms with Gasteiger partial charge in [-0.25, -0.2) is 0 Å². The summed E-state index contributed by atoms with van der Waals surface area (Å²) in [6.45, 7) is -2.21. The molecule has 0 bridgehead atoms. The zero-order valence-electron chi connectivity index (χ0n) is 9.67. The van der Waals surface area contributed by atoms with E-state index in [1.54, 1.807) is 6.92 Å². The summed E-state index contributed by atoms with van der Waals surface area (Å²) in [5.74, 6) is 0. The van der Waals surface area contributed by atoms with Gasteiger partial charge >= 0.3 is 58.4 Å². The van der Waals surface area contributed by atoms with E-state index < -0.39 is 13.4 Å². The van der Waals surface area contributed by atoms with Crippen molar-refractivity contribution in [2.75, 3.05) is 13.0 Å². The van der Waals surface area contributed by atoms with Crippen LogP contribution in [0.5, 0.6) is 0 Å². The first kappa shape index (κ1) is 16.7. The SMILES string of the molecule is CCN(Cc1ccccc1)C[B-](F)(F)F.[K+]. The number of hydrogen-bond acceptors (Lipinski definition) is 1. The van der Waals surface area contributed by atoms with Gasteiger partial charge in [-0.2, -0.15) is 0 Å². The fraction of sp³-hybridized carbons (Fsp3) is 0.400.